The maximum Gasteiger partial charge on any atom is 0.304 e. The molecule has 0 aliphatic rings. The zero-order valence-corrected chi connectivity index (χ0v) is 10.7. The molecule has 2 atom stereocenters. The van der Waals surface area contributed by atoms with E-state index < -0.39 is 29.0 Å². The minimum atomic E-state index is -3.71. The summed E-state index contributed by atoms with van der Waals surface area (Å²) in [5.74, 6) is -1.05. The van der Waals surface area contributed by atoms with E-state index in [1.807, 2.05) is 0 Å². The van der Waals surface area contributed by atoms with Gasteiger partial charge >= 0.3 is 5.97 Å². The minimum absolute atomic E-state index is 0.106. The van der Waals surface area contributed by atoms with E-state index in [0.29, 0.717) is 0 Å². The number of carbonyl (C=O) groups excluding carboxylic acids is 1. The standard InChI is InChI=1S/C7H15O6PS/c1-4-12-14(9)7(13-6(3)8)15(10,11)5-2/h7,14H,4-5H2,1-3H3. The number of sulfone groups is 1. The second-order valence-corrected chi connectivity index (χ2v) is 6.85. The van der Waals surface area contributed by atoms with E-state index in [9.17, 15) is 17.8 Å². The second-order valence-electron chi connectivity index (χ2n) is 2.64. The molecule has 0 rings (SSSR count). The van der Waals surface area contributed by atoms with Gasteiger partial charge in [-0.05, 0) is 6.92 Å². The number of hydrogen-bond acceptors (Lipinski definition) is 6. The molecule has 0 aromatic rings. The Morgan fingerprint density at radius 1 is 1.40 bits per heavy atom. The van der Waals surface area contributed by atoms with Gasteiger partial charge in [-0.3, -0.25) is 9.36 Å². The Bertz CT molecular complexity index is 335. The van der Waals surface area contributed by atoms with Gasteiger partial charge in [-0.25, -0.2) is 8.42 Å². The van der Waals surface area contributed by atoms with Gasteiger partial charge in [-0.2, -0.15) is 0 Å². The lowest BCUT2D eigenvalue weighted by atomic mass is 10.8. The van der Waals surface area contributed by atoms with Crippen LogP contribution >= 0.6 is 8.03 Å². The van der Waals surface area contributed by atoms with E-state index >= 15 is 0 Å². The molecule has 0 saturated carbocycles. The minimum Gasteiger partial charge on any atom is -0.436 e. The molecule has 0 aromatic heterocycles. The average Bonchev–Trinajstić information content (AvgIpc) is 2.14. The molecular formula is C7H15O6PS. The molecule has 0 radical (unpaired) electrons. The molecule has 0 N–H and O–H groups in total. The molecule has 0 aliphatic heterocycles. The maximum atomic E-state index is 11.4. The average molecular weight is 258 g/mol. The highest BCUT2D eigenvalue weighted by atomic mass is 32.2. The molecule has 0 aromatic carbocycles. The molecule has 90 valence electrons. The molecular weight excluding hydrogens is 243 g/mol. The van der Waals surface area contributed by atoms with Crippen molar-refractivity contribution in [1.29, 1.82) is 0 Å². The summed E-state index contributed by atoms with van der Waals surface area (Å²) in [7, 11) is -6.64. The van der Waals surface area contributed by atoms with Crippen LogP contribution in [0.25, 0.3) is 0 Å². The number of hydrogen-bond donors (Lipinski definition) is 0. The van der Waals surface area contributed by atoms with Gasteiger partial charge < -0.3 is 9.26 Å². The Morgan fingerprint density at radius 3 is 2.27 bits per heavy atom. The quantitative estimate of drug-likeness (QED) is 0.517. The van der Waals surface area contributed by atoms with Crippen LogP contribution in [0.5, 0.6) is 0 Å². The Balaban J connectivity index is 4.89. The molecule has 15 heavy (non-hydrogen) atoms. The normalized spacial score (nSPS) is 15.7. The molecule has 0 aliphatic carbocycles. The van der Waals surface area contributed by atoms with Crippen molar-refractivity contribution in [3.05, 3.63) is 0 Å². The lowest BCUT2D eigenvalue weighted by molar-refractivity contribution is -0.140. The predicted octanol–water partition coefficient (Wildman–Crippen LogP) is 0.779. The van der Waals surface area contributed by atoms with E-state index in [1.54, 1.807) is 6.92 Å². The van der Waals surface area contributed by atoms with Gasteiger partial charge in [0.15, 0.2) is 9.84 Å². The highest BCUT2D eigenvalue weighted by Crippen LogP contribution is 2.34. The van der Waals surface area contributed by atoms with Crippen LogP contribution < -0.4 is 0 Å². The smallest absolute Gasteiger partial charge is 0.304 e. The van der Waals surface area contributed by atoms with Gasteiger partial charge in [0.25, 0.3) is 5.18 Å². The first-order valence-electron chi connectivity index (χ1n) is 4.40. The first-order chi connectivity index (χ1) is 6.85. The van der Waals surface area contributed by atoms with E-state index in [0.717, 1.165) is 6.92 Å². The van der Waals surface area contributed by atoms with Gasteiger partial charge in [-0.15, -0.1) is 0 Å². The zero-order chi connectivity index (χ0) is 12.1. The molecule has 0 bridgehead atoms. The monoisotopic (exact) mass is 258 g/mol. The lowest BCUT2D eigenvalue weighted by Crippen LogP contribution is -2.25. The van der Waals surface area contributed by atoms with Gasteiger partial charge in [-0.1, -0.05) is 6.92 Å². The highest BCUT2D eigenvalue weighted by molar-refractivity contribution is 7.96. The summed E-state index contributed by atoms with van der Waals surface area (Å²) < 4.78 is 43.4. The fourth-order valence-corrected chi connectivity index (χ4v) is 3.93. The van der Waals surface area contributed by atoms with Crippen molar-refractivity contribution in [1.82, 2.24) is 0 Å². The first-order valence-corrected chi connectivity index (χ1v) is 7.51. The van der Waals surface area contributed by atoms with Crippen molar-refractivity contribution < 1.29 is 27.0 Å². The Labute approximate surface area is 89.7 Å². The zero-order valence-electron chi connectivity index (χ0n) is 8.85. The van der Waals surface area contributed by atoms with E-state index in [1.165, 1.54) is 6.92 Å². The van der Waals surface area contributed by atoms with Crippen LogP contribution in [0.4, 0.5) is 0 Å². The Hall–Kier alpha value is -0.390. The van der Waals surface area contributed by atoms with Crippen molar-refractivity contribution in [2.24, 2.45) is 0 Å². The van der Waals surface area contributed by atoms with Crippen LogP contribution in [-0.2, 0) is 28.5 Å². The van der Waals surface area contributed by atoms with Crippen LogP contribution in [0.2, 0.25) is 0 Å². The maximum absolute atomic E-state index is 11.4. The summed E-state index contributed by atoms with van der Waals surface area (Å²) in [6.07, 6.45) is 0. The van der Waals surface area contributed by atoms with Crippen molar-refractivity contribution in [3.63, 3.8) is 0 Å². The topological polar surface area (TPSA) is 86.7 Å². The molecule has 0 heterocycles. The summed E-state index contributed by atoms with van der Waals surface area (Å²) in [4.78, 5) is 10.7. The van der Waals surface area contributed by atoms with Crippen molar-refractivity contribution >= 4 is 23.8 Å². The van der Waals surface area contributed by atoms with Gasteiger partial charge in [0.2, 0.25) is 8.03 Å². The van der Waals surface area contributed by atoms with Crippen LogP contribution in [0, 0.1) is 0 Å². The van der Waals surface area contributed by atoms with Gasteiger partial charge in [0.1, 0.15) is 0 Å². The third-order valence-corrected chi connectivity index (χ3v) is 5.76. The van der Waals surface area contributed by atoms with Crippen molar-refractivity contribution in [3.8, 4) is 0 Å². The lowest BCUT2D eigenvalue weighted by Gasteiger charge is -2.15. The largest absolute Gasteiger partial charge is 0.436 e. The first kappa shape index (κ1) is 14.6. The highest BCUT2D eigenvalue weighted by Gasteiger charge is 2.33. The molecule has 0 amide bonds. The number of rotatable bonds is 6. The van der Waals surface area contributed by atoms with Gasteiger partial charge in [0.05, 0.1) is 12.4 Å². The third-order valence-electron chi connectivity index (χ3n) is 1.48. The van der Waals surface area contributed by atoms with Crippen LogP contribution in [0.15, 0.2) is 0 Å². The van der Waals surface area contributed by atoms with E-state index in [-0.39, 0.29) is 12.4 Å². The summed E-state index contributed by atoms with van der Waals surface area (Å²) >= 11 is 0. The fourth-order valence-electron chi connectivity index (χ4n) is 0.780. The van der Waals surface area contributed by atoms with Crippen LogP contribution in [-0.4, -0.2) is 31.9 Å². The molecule has 2 unspecified atom stereocenters. The van der Waals surface area contributed by atoms with Crippen molar-refractivity contribution in [2.45, 2.75) is 25.9 Å². The molecule has 0 spiro atoms. The molecule has 0 fully saturated rings. The van der Waals surface area contributed by atoms with E-state index in [2.05, 4.69) is 9.26 Å². The van der Waals surface area contributed by atoms with Crippen molar-refractivity contribution in [2.75, 3.05) is 12.4 Å². The molecule has 6 nitrogen and oxygen atoms in total. The number of carbonyl (C=O) groups is 1. The van der Waals surface area contributed by atoms with Gasteiger partial charge in [0, 0.05) is 6.92 Å². The SMILES string of the molecule is CCO[PH](=O)C(OC(C)=O)S(=O)(=O)CC. The summed E-state index contributed by atoms with van der Waals surface area (Å²) in [5, 5.41) is -1.66. The third kappa shape index (κ3) is 4.77. The summed E-state index contributed by atoms with van der Waals surface area (Å²) in [6, 6.07) is 0. The predicted molar refractivity (Wildman–Crippen MR) is 55.6 cm³/mol. The number of ether oxygens (including phenoxy) is 1. The molecule has 8 heteroatoms. The Morgan fingerprint density at radius 2 is 1.93 bits per heavy atom. The fraction of sp³-hybridized carbons (Fsp3) is 0.857. The summed E-state index contributed by atoms with van der Waals surface area (Å²) in [5.41, 5.74) is 0. The Kier molecular flexibility index (Phi) is 6.09. The number of esters is 1. The molecule has 0 saturated heterocycles. The van der Waals surface area contributed by atoms with Crippen LogP contribution in [0.1, 0.15) is 20.8 Å². The second kappa shape index (κ2) is 6.25. The summed E-state index contributed by atoms with van der Waals surface area (Å²) in [6.45, 7) is 4.12. The van der Waals surface area contributed by atoms with Crippen LogP contribution in [0.3, 0.4) is 0 Å². The van der Waals surface area contributed by atoms with E-state index in [4.69, 9.17) is 0 Å².